The molecule has 30 heavy (non-hydrogen) atoms. The van der Waals surface area contributed by atoms with Crippen LogP contribution in [0.5, 0.6) is 0 Å². The van der Waals surface area contributed by atoms with Crippen LogP contribution in [0.25, 0.3) is 36.3 Å². The highest BCUT2D eigenvalue weighted by molar-refractivity contribution is 7.90. The summed E-state index contributed by atoms with van der Waals surface area (Å²) in [6, 6.07) is 22.1. The minimum absolute atomic E-state index is 0.238. The van der Waals surface area contributed by atoms with Crippen LogP contribution in [-0.4, -0.2) is 12.4 Å². The molecule has 0 saturated carbocycles. The summed E-state index contributed by atoms with van der Waals surface area (Å²) < 4.78 is 29.3. The third-order valence-corrected chi connectivity index (χ3v) is 7.99. The van der Waals surface area contributed by atoms with Crippen LogP contribution in [0, 0.1) is 13.5 Å². The van der Waals surface area contributed by atoms with E-state index in [-0.39, 0.29) is 4.90 Å². The fourth-order valence-corrected chi connectivity index (χ4v) is 6.05. The number of rotatable bonds is 3. The van der Waals surface area contributed by atoms with Crippen molar-refractivity contribution in [3.63, 3.8) is 0 Å². The first kappa shape index (κ1) is 18.6. The molecular formula is C24H16N2O2S2. The Hall–Kier alpha value is -3.40. The highest BCUT2D eigenvalue weighted by atomic mass is 32.2. The van der Waals surface area contributed by atoms with Gasteiger partial charge in [-0.1, -0.05) is 42.0 Å². The molecule has 0 aliphatic carbocycles. The summed E-state index contributed by atoms with van der Waals surface area (Å²) in [6.07, 6.45) is 1.68. The van der Waals surface area contributed by atoms with Gasteiger partial charge in [-0.25, -0.2) is 17.2 Å². The van der Waals surface area contributed by atoms with Gasteiger partial charge in [-0.2, -0.15) is 0 Å². The molecule has 0 saturated heterocycles. The Bertz CT molecular complexity index is 1530. The minimum atomic E-state index is -3.78. The number of hydrogen-bond acceptors (Lipinski definition) is 3. The second-order valence-corrected chi connectivity index (χ2v) is 10.0. The van der Waals surface area contributed by atoms with Crippen molar-refractivity contribution in [3.8, 4) is 10.4 Å². The van der Waals surface area contributed by atoms with Gasteiger partial charge in [0.2, 0.25) is 0 Å². The van der Waals surface area contributed by atoms with Gasteiger partial charge in [0.15, 0.2) is 5.69 Å². The summed E-state index contributed by atoms with van der Waals surface area (Å²) in [5.74, 6) is 0. The maximum atomic E-state index is 13.4. The van der Waals surface area contributed by atoms with E-state index in [0.717, 1.165) is 31.5 Å². The molecule has 4 nitrogen and oxygen atoms in total. The molecule has 5 rings (SSSR count). The standard InChI is InChI=1S/C24H16N2O2S2/c1-16-7-10-19(11-8-16)30(27,28)26-15-21(20-14-18(25-2)9-12-22(20)26)24-13-17-5-3-4-6-23(17)29-24/h3-15H,1H3. The second kappa shape index (κ2) is 6.84. The summed E-state index contributed by atoms with van der Waals surface area (Å²) in [4.78, 5) is 4.74. The molecule has 5 aromatic rings. The lowest BCUT2D eigenvalue weighted by atomic mass is 10.1. The third-order valence-electron chi connectivity index (χ3n) is 5.15. The number of thiophene rings is 1. The van der Waals surface area contributed by atoms with Crippen molar-refractivity contribution in [2.45, 2.75) is 11.8 Å². The Morgan fingerprint density at radius 2 is 1.73 bits per heavy atom. The molecule has 0 radical (unpaired) electrons. The maximum absolute atomic E-state index is 13.4. The average molecular weight is 429 g/mol. The van der Waals surface area contributed by atoms with Crippen LogP contribution in [0.3, 0.4) is 0 Å². The van der Waals surface area contributed by atoms with Crippen molar-refractivity contribution in [1.29, 1.82) is 0 Å². The normalized spacial score (nSPS) is 11.7. The van der Waals surface area contributed by atoms with Crippen molar-refractivity contribution in [1.82, 2.24) is 3.97 Å². The van der Waals surface area contributed by atoms with Crippen LogP contribution in [0.1, 0.15) is 5.56 Å². The first-order valence-electron chi connectivity index (χ1n) is 9.31. The quantitative estimate of drug-likeness (QED) is 0.303. The van der Waals surface area contributed by atoms with E-state index in [1.165, 1.54) is 3.97 Å². The van der Waals surface area contributed by atoms with E-state index < -0.39 is 10.0 Å². The largest absolute Gasteiger partial charge is 0.268 e. The topological polar surface area (TPSA) is 43.4 Å². The average Bonchev–Trinajstić information content (AvgIpc) is 3.35. The van der Waals surface area contributed by atoms with E-state index in [4.69, 9.17) is 6.57 Å². The summed E-state index contributed by atoms with van der Waals surface area (Å²) >= 11 is 1.61. The molecule has 0 aliphatic rings. The van der Waals surface area contributed by atoms with Crippen LogP contribution >= 0.6 is 11.3 Å². The van der Waals surface area contributed by atoms with Gasteiger partial charge in [0.25, 0.3) is 10.0 Å². The van der Waals surface area contributed by atoms with E-state index >= 15 is 0 Å². The molecule has 3 aromatic carbocycles. The molecule has 0 unspecified atom stereocenters. The van der Waals surface area contributed by atoms with Crippen LogP contribution in [-0.2, 0) is 10.0 Å². The predicted octanol–water partition coefficient (Wildman–Crippen LogP) is 6.62. The zero-order valence-corrected chi connectivity index (χ0v) is 17.7. The van der Waals surface area contributed by atoms with Crippen LogP contribution in [0.4, 0.5) is 5.69 Å². The van der Waals surface area contributed by atoms with Crippen LogP contribution in [0.15, 0.2) is 83.9 Å². The predicted molar refractivity (Wildman–Crippen MR) is 123 cm³/mol. The second-order valence-electron chi connectivity index (χ2n) is 7.12. The van der Waals surface area contributed by atoms with Crippen molar-refractivity contribution in [2.75, 3.05) is 0 Å². The Morgan fingerprint density at radius 1 is 0.967 bits per heavy atom. The number of hydrogen-bond donors (Lipinski definition) is 0. The Labute approximate surface area is 178 Å². The van der Waals surface area contributed by atoms with E-state index in [1.807, 2.05) is 25.1 Å². The molecule has 0 fully saturated rings. The van der Waals surface area contributed by atoms with E-state index in [2.05, 4.69) is 17.0 Å². The first-order valence-corrected chi connectivity index (χ1v) is 11.6. The molecule has 0 N–H and O–H groups in total. The Kier molecular flexibility index (Phi) is 4.24. The summed E-state index contributed by atoms with van der Waals surface area (Å²) in [6.45, 7) is 9.29. The summed E-state index contributed by atoms with van der Waals surface area (Å²) in [7, 11) is -3.78. The monoisotopic (exact) mass is 428 g/mol. The molecular weight excluding hydrogens is 412 g/mol. The fourth-order valence-electron chi connectivity index (χ4n) is 3.59. The van der Waals surface area contributed by atoms with Crippen molar-refractivity contribution >= 4 is 48.0 Å². The molecule has 2 heterocycles. The van der Waals surface area contributed by atoms with E-state index in [0.29, 0.717) is 11.2 Å². The van der Waals surface area contributed by atoms with Crippen LogP contribution < -0.4 is 0 Å². The van der Waals surface area contributed by atoms with Crippen molar-refractivity contribution in [3.05, 3.63) is 96.0 Å². The number of benzene rings is 3. The minimum Gasteiger partial charge on any atom is -0.241 e. The SMILES string of the molecule is [C-]#[N+]c1ccc2c(c1)c(-c1cc3ccccc3s1)cn2S(=O)(=O)c1ccc(C)cc1. The third kappa shape index (κ3) is 2.91. The Morgan fingerprint density at radius 3 is 2.47 bits per heavy atom. The van der Waals surface area contributed by atoms with E-state index in [9.17, 15) is 8.42 Å². The van der Waals surface area contributed by atoms with Gasteiger partial charge in [-0.15, -0.1) is 11.3 Å². The lowest BCUT2D eigenvalue weighted by Gasteiger charge is -2.08. The van der Waals surface area contributed by atoms with Crippen LogP contribution in [0.2, 0.25) is 0 Å². The number of aromatic nitrogens is 1. The molecule has 0 spiro atoms. The molecule has 0 atom stereocenters. The number of aryl methyl sites for hydroxylation is 1. The van der Waals surface area contributed by atoms with E-state index in [1.54, 1.807) is 60.0 Å². The smallest absolute Gasteiger partial charge is 0.241 e. The molecule has 6 heteroatoms. The molecule has 2 aromatic heterocycles. The van der Waals surface area contributed by atoms with Gasteiger partial charge < -0.3 is 0 Å². The lowest BCUT2D eigenvalue weighted by molar-refractivity contribution is 0.589. The molecule has 0 aliphatic heterocycles. The van der Waals surface area contributed by atoms with Gasteiger partial charge in [-0.05, 0) is 54.1 Å². The zero-order chi connectivity index (χ0) is 20.9. The number of fused-ring (bicyclic) bond motifs is 2. The van der Waals surface area contributed by atoms with Gasteiger partial charge in [0.05, 0.1) is 17.0 Å². The van der Waals surface area contributed by atoms with Crippen molar-refractivity contribution < 1.29 is 8.42 Å². The van der Waals surface area contributed by atoms with Crippen molar-refractivity contribution in [2.24, 2.45) is 0 Å². The van der Waals surface area contributed by atoms with Gasteiger partial charge in [-0.3, -0.25) is 0 Å². The molecule has 0 amide bonds. The Balaban J connectivity index is 1.80. The number of nitrogens with zero attached hydrogens (tertiary/aromatic N) is 2. The zero-order valence-electron chi connectivity index (χ0n) is 16.0. The van der Waals surface area contributed by atoms with Gasteiger partial charge in [0.1, 0.15) is 0 Å². The lowest BCUT2D eigenvalue weighted by Crippen LogP contribution is -2.11. The highest BCUT2D eigenvalue weighted by Gasteiger charge is 2.22. The van der Waals surface area contributed by atoms with Gasteiger partial charge in [0, 0.05) is 21.3 Å². The first-order chi connectivity index (χ1) is 14.5. The molecule has 146 valence electrons. The fraction of sp³-hybridized carbons (Fsp3) is 0.0417. The van der Waals surface area contributed by atoms with Gasteiger partial charge >= 0.3 is 0 Å². The maximum Gasteiger partial charge on any atom is 0.268 e. The summed E-state index contributed by atoms with van der Waals surface area (Å²) in [5.41, 5.74) is 2.86. The molecule has 0 bridgehead atoms. The highest BCUT2D eigenvalue weighted by Crippen LogP contribution is 2.40. The summed E-state index contributed by atoms with van der Waals surface area (Å²) in [5, 5.41) is 1.87.